The molecule has 1 saturated heterocycles. The highest BCUT2D eigenvalue weighted by Crippen LogP contribution is 2.59. The van der Waals surface area contributed by atoms with Crippen LogP contribution in [0.1, 0.15) is 23.6 Å². The topological polar surface area (TPSA) is 62.2 Å². The molecule has 0 unspecified atom stereocenters. The molecule has 1 fully saturated rings. The number of aryl methyl sites for hydroxylation is 2. The Morgan fingerprint density at radius 1 is 0.917 bits per heavy atom. The first-order valence-corrected chi connectivity index (χ1v) is 13.2. The fraction of sp³-hybridized carbons (Fsp3) is 0.179. The second kappa shape index (κ2) is 9.87. The maximum absolute atomic E-state index is 14.0. The van der Waals surface area contributed by atoms with Crippen LogP contribution in [0.25, 0.3) is 6.08 Å². The molecule has 1 spiro atoms. The quantitative estimate of drug-likeness (QED) is 0.299. The Morgan fingerprint density at radius 2 is 1.56 bits per heavy atom. The highest BCUT2D eigenvalue weighted by molar-refractivity contribution is 8.29. The molecule has 0 N–H and O–H groups in total. The van der Waals surface area contributed by atoms with E-state index in [0.29, 0.717) is 10.6 Å². The maximum Gasteiger partial charge on any atom is 0.365 e. The number of carbonyl (C=O) groups excluding carboxylic acids is 2. The number of hydrazone groups is 1. The van der Waals surface area contributed by atoms with Crippen molar-refractivity contribution in [1.29, 1.82) is 0 Å². The van der Waals surface area contributed by atoms with Crippen molar-refractivity contribution < 1.29 is 14.3 Å². The van der Waals surface area contributed by atoms with Crippen molar-refractivity contribution in [1.82, 2.24) is 0 Å². The molecule has 182 valence electrons. The molecule has 0 aromatic heterocycles. The number of thioether (sulfide) groups is 2. The summed E-state index contributed by atoms with van der Waals surface area (Å²) in [5, 5.41) is 6.66. The number of amides is 1. The first kappa shape index (κ1) is 24.2. The Labute approximate surface area is 219 Å². The standard InChI is InChI=1S/C28H25N3O3S2/c1-4-34-27(33)25-29-31(23-16-12-20(3)13-17-23)28(36-25)30(22-8-6-5-7-9-22)26(32)24(35-28)18-21-14-10-19(2)11-15-21/h5-18H,4H2,1-3H3/b24-18+/t28-/m0/s1. The van der Waals surface area contributed by atoms with E-state index < -0.39 is 10.3 Å². The van der Waals surface area contributed by atoms with Gasteiger partial charge in [-0.15, -0.1) is 0 Å². The molecule has 6 nitrogen and oxygen atoms in total. The Hall–Kier alpha value is -3.49. The average molecular weight is 516 g/mol. The van der Waals surface area contributed by atoms with E-state index in [0.717, 1.165) is 22.4 Å². The summed E-state index contributed by atoms with van der Waals surface area (Å²) in [6.45, 7) is 6.04. The first-order valence-electron chi connectivity index (χ1n) is 11.6. The Balaban J connectivity index is 1.66. The number of anilines is 2. The predicted octanol–water partition coefficient (Wildman–Crippen LogP) is 6.17. The van der Waals surface area contributed by atoms with Gasteiger partial charge in [-0.3, -0.25) is 9.69 Å². The molecule has 3 aromatic rings. The van der Waals surface area contributed by atoms with Crippen LogP contribution < -0.4 is 9.91 Å². The number of rotatable bonds is 5. The maximum atomic E-state index is 14.0. The SMILES string of the molecule is CCOC(=O)C1=NN(c2ccc(C)cc2)[C@]2(S1)S/C(=C/c1ccc(C)cc1)C(=O)N2c1ccccc1. The third kappa shape index (κ3) is 4.42. The normalized spacial score (nSPS) is 20.4. The molecule has 1 amide bonds. The summed E-state index contributed by atoms with van der Waals surface area (Å²) < 4.78 is 4.21. The Morgan fingerprint density at radius 3 is 2.19 bits per heavy atom. The number of carbonyl (C=O) groups is 2. The van der Waals surface area contributed by atoms with Gasteiger partial charge < -0.3 is 4.74 Å². The van der Waals surface area contributed by atoms with Crippen LogP contribution in [0, 0.1) is 13.8 Å². The number of hydrogen-bond acceptors (Lipinski definition) is 7. The second-order valence-electron chi connectivity index (χ2n) is 8.42. The highest BCUT2D eigenvalue weighted by atomic mass is 32.2. The van der Waals surface area contributed by atoms with E-state index in [9.17, 15) is 9.59 Å². The zero-order valence-corrected chi connectivity index (χ0v) is 21.8. The number of para-hydroxylation sites is 1. The van der Waals surface area contributed by atoms with Crippen molar-refractivity contribution in [3.8, 4) is 0 Å². The molecule has 0 saturated carbocycles. The monoisotopic (exact) mass is 515 g/mol. The summed E-state index contributed by atoms with van der Waals surface area (Å²) in [5.41, 5.74) is 4.66. The van der Waals surface area contributed by atoms with Crippen LogP contribution in [0.4, 0.5) is 11.4 Å². The second-order valence-corrected chi connectivity index (χ2v) is 11.1. The van der Waals surface area contributed by atoms with E-state index in [2.05, 4.69) is 0 Å². The summed E-state index contributed by atoms with van der Waals surface area (Å²) in [4.78, 5) is 29.1. The molecule has 2 heterocycles. The lowest BCUT2D eigenvalue weighted by Gasteiger charge is -2.38. The lowest BCUT2D eigenvalue weighted by atomic mass is 10.1. The van der Waals surface area contributed by atoms with E-state index in [4.69, 9.17) is 9.84 Å². The fourth-order valence-corrected chi connectivity index (χ4v) is 6.84. The molecular weight excluding hydrogens is 490 g/mol. The van der Waals surface area contributed by atoms with Gasteiger partial charge in [-0.25, -0.2) is 9.80 Å². The third-order valence-corrected chi connectivity index (χ3v) is 8.44. The number of ether oxygens (including phenoxy) is 1. The molecule has 36 heavy (non-hydrogen) atoms. The van der Waals surface area contributed by atoms with Crippen molar-refractivity contribution in [2.75, 3.05) is 16.5 Å². The molecular formula is C28H25N3O3S2. The minimum atomic E-state index is -1.08. The van der Waals surface area contributed by atoms with E-state index in [1.807, 2.05) is 98.8 Å². The molecule has 0 radical (unpaired) electrons. The molecule has 3 aromatic carbocycles. The lowest BCUT2D eigenvalue weighted by molar-refractivity contribution is -0.134. The van der Waals surface area contributed by atoms with Gasteiger partial charge in [-0.05, 0) is 68.4 Å². The predicted molar refractivity (Wildman–Crippen MR) is 149 cm³/mol. The number of esters is 1. The minimum absolute atomic E-state index is 0.156. The summed E-state index contributed by atoms with van der Waals surface area (Å²) in [7, 11) is 0. The summed E-state index contributed by atoms with van der Waals surface area (Å²) in [6.07, 6.45) is 1.90. The van der Waals surface area contributed by atoms with Gasteiger partial charge in [0, 0.05) is 5.69 Å². The van der Waals surface area contributed by atoms with Crippen molar-refractivity contribution in [3.05, 3.63) is 100 Å². The van der Waals surface area contributed by atoms with Gasteiger partial charge in [0.1, 0.15) is 0 Å². The van der Waals surface area contributed by atoms with E-state index in [-0.39, 0.29) is 17.6 Å². The molecule has 8 heteroatoms. The van der Waals surface area contributed by atoms with Crippen molar-refractivity contribution in [2.24, 2.45) is 5.10 Å². The summed E-state index contributed by atoms with van der Waals surface area (Å²) >= 11 is 2.61. The minimum Gasteiger partial charge on any atom is -0.461 e. The largest absolute Gasteiger partial charge is 0.461 e. The van der Waals surface area contributed by atoms with Crippen molar-refractivity contribution in [3.63, 3.8) is 0 Å². The van der Waals surface area contributed by atoms with Crippen LogP contribution in [0.15, 0.2) is 88.9 Å². The van der Waals surface area contributed by atoms with E-state index >= 15 is 0 Å². The number of benzene rings is 3. The Bertz CT molecular complexity index is 1360. The molecule has 5 rings (SSSR count). The van der Waals surface area contributed by atoms with Crippen LogP contribution in [0.2, 0.25) is 0 Å². The van der Waals surface area contributed by atoms with Gasteiger partial charge >= 0.3 is 5.97 Å². The Kier molecular flexibility index (Phi) is 6.64. The lowest BCUT2D eigenvalue weighted by Crippen LogP contribution is -2.51. The first-order chi connectivity index (χ1) is 17.4. The van der Waals surface area contributed by atoms with Crippen molar-refractivity contribution in [2.45, 2.75) is 25.1 Å². The van der Waals surface area contributed by atoms with Crippen LogP contribution in [-0.2, 0) is 14.3 Å². The fourth-order valence-electron chi connectivity index (χ4n) is 3.96. The highest BCUT2D eigenvalue weighted by Gasteiger charge is 2.60. The number of hydrogen-bond donors (Lipinski definition) is 0. The van der Waals surface area contributed by atoms with E-state index in [1.54, 1.807) is 16.8 Å². The van der Waals surface area contributed by atoms with Crippen LogP contribution in [0.3, 0.4) is 0 Å². The molecule has 2 aliphatic rings. The van der Waals surface area contributed by atoms with Crippen molar-refractivity contribution >= 4 is 57.9 Å². The third-order valence-electron chi connectivity index (χ3n) is 5.75. The zero-order valence-electron chi connectivity index (χ0n) is 20.2. The molecule has 2 aliphatic heterocycles. The summed E-state index contributed by atoms with van der Waals surface area (Å²) in [6, 6.07) is 25.4. The van der Waals surface area contributed by atoms with Gasteiger partial charge in [-0.1, -0.05) is 77.5 Å². The molecule has 1 atom stereocenters. The van der Waals surface area contributed by atoms with Crippen LogP contribution in [-0.4, -0.2) is 27.9 Å². The smallest absolute Gasteiger partial charge is 0.365 e. The van der Waals surface area contributed by atoms with Crippen LogP contribution >= 0.6 is 23.5 Å². The van der Waals surface area contributed by atoms with Gasteiger partial charge in [0.05, 0.1) is 17.2 Å². The zero-order chi connectivity index (χ0) is 25.3. The molecule has 0 aliphatic carbocycles. The van der Waals surface area contributed by atoms with Crippen LogP contribution in [0.5, 0.6) is 0 Å². The van der Waals surface area contributed by atoms with Gasteiger partial charge in [0.15, 0.2) is 0 Å². The summed E-state index contributed by atoms with van der Waals surface area (Å²) in [5.74, 6) is -0.662. The van der Waals surface area contributed by atoms with E-state index in [1.165, 1.54) is 23.5 Å². The average Bonchev–Trinajstić information content (AvgIpc) is 3.39. The van der Waals surface area contributed by atoms with Gasteiger partial charge in [0.25, 0.3) is 5.91 Å². The molecule has 0 bridgehead atoms. The number of nitrogens with zero attached hydrogens (tertiary/aromatic N) is 3. The van der Waals surface area contributed by atoms with Gasteiger partial charge in [-0.2, -0.15) is 5.10 Å². The van der Waals surface area contributed by atoms with Gasteiger partial charge in [0.2, 0.25) is 9.37 Å².